The van der Waals surface area contributed by atoms with Crippen LogP contribution in [0.3, 0.4) is 0 Å². The average molecular weight is 172 g/mol. The van der Waals surface area contributed by atoms with Gasteiger partial charge in [0.15, 0.2) is 0 Å². The Morgan fingerprint density at radius 1 is 1.50 bits per heavy atom. The Labute approximate surface area is 75.3 Å². The molecule has 0 radical (unpaired) electrons. The van der Waals surface area contributed by atoms with Crippen molar-refractivity contribution in [2.24, 2.45) is 11.3 Å². The van der Waals surface area contributed by atoms with Crippen molar-refractivity contribution in [3.05, 3.63) is 0 Å². The smallest absolute Gasteiger partial charge is 0.311 e. The van der Waals surface area contributed by atoms with Crippen molar-refractivity contribution in [3.63, 3.8) is 0 Å². The van der Waals surface area contributed by atoms with Gasteiger partial charge in [0.05, 0.1) is 12.5 Å². The third kappa shape index (κ3) is 2.84. The van der Waals surface area contributed by atoms with E-state index < -0.39 is 0 Å². The first-order chi connectivity index (χ1) is 5.46. The second-order valence-corrected chi connectivity index (χ2v) is 4.00. The van der Waals surface area contributed by atoms with Crippen LogP contribution >= 0.6 is 0 Å². The van der Waals surface area contributed by atoms with E-state index in [4.69, 9.17) is 4.74 Å². The predicted molar refractivity (Wildman–Crippen MR) is 49.9 cm³/mol. The summed E-state index contributed by atoms with van der Waals surface area (Å²) in [5.41, 5.74) is -0.289. The highest BCUT2D eigenvalue weighted by molar-refractivity contribution is 5.76. The van der Waals surface area contributed by atoms with Gasteiger partial charge in [0.1, 0.15) is 0 Å². The van der Waals surface area contributed by atoms with E-state index in [1.54, 1.807) is 0 Å². The van der Waals surface area contributed by atoms with Crippen LogP contribution in [-0.4, -0.2) is 13.1 Å². The molecule has 72 valence electrons. The van der Waals surface area contributed by atoms with Gasteiger partial charge in [-0.25, -0.2) is 0 Å². The number of methoxy groups -OCH3 is 1. The van der Waals surface area contributed by atoms with Crippen LogP contribution in [-0.2, 0) is 9.53 Å². The molecule has 1 unspecified atom stereocenters. The summed E-state index contributed by atoms with van der Waals surface area (Å²) in [6, 6.07) is 0. The monoisotopic (exact) mass is 172 g/mol. The van der Waals surface area contributed by atoms with Crippen LogP contribution in [0.5, 0.6) is 0 Å². The van der Waals surface area contributed by atoms with Crippen LogP contribution in [0.15, 0.2) is 0 Å². The first kappa shape index (κ1) is 11.5. The third-order valence-electron chi connectivity index (χ3n) is 2.32. The molecule has 0 bridgehead atoms. The molecular formula is C10H20O2. The van der Waals surface area contributed by atoms with E-state index in [1.165, 1.54) is 7.11 Å². The van der Waals surface area contributed by atoms with E-state index in [0.29, 0.717) is 5.92 Å². The van der Waals surface area contributed by atoms with Gasteiger partial charge < -0.3 is 4.74 Å². The summed E-state index contributed by atoms with van der Waals surface area (Å²) in [7, 11) is 1.45. The first-order valence-corrected chi connectivity index (χ1v) is 4.54. The molecule has 0 N–H and O–H groups in total. The molecule has 0 saturated heterocycles. The lowest BCUT2D eigenvalue weighted by Crippen LogP contribution is -2.29. The minimum atomic E-state index is -0.289. The zero-order valence-corrected chi connectivity index (χ0v) is 8.81. The second kappa shape index (κ2) is 4.48. The Hall–Kier alpha value is -0.530. The summed E-state index contributed by atoms with van der Waals surface area (Å²) in [5, 5.41) is 0. The molecule has 0 aromatic carbocycles. The van der Waals surface area contributed by atoms with Crippen LogP contribution in [0.4, 0.5) is 0 Å². The van der Waals surface area contributed by atoms with Gasteiger partial charge in [0.25, 0.3) is 0 Å². The van der Waals surface area contributed by atoms with Crippen molar-refractivity contribution in [1.29, 1.82) is 0 Å². The number of carbonyl (C=O) groups excluding carboxylic acids is 1. The third-order valence-corrected chi connectivity index (χ3v) is 2.32. The molecule has 0 aliphatic heterocycles. The fourth-order valence-electron chi connectivity index (χ4n) is 1.52. The number of rotatable bonds is 4. The summed E-state index contributed by atoms with van der Waals surface area (Å²) in [6.07, 6.45) is 1.74. The van der Waals surface area contributed by atoms with Gasteiger partial charge in [-0.1, -0.05) is 20.8 Å². The zero-order valence-electron chi connectivity index (χ0n) is 8.81. The molecule has 0 fully saturated rings. The predicted octanol–water partition coefficient (Wildman–Crippen LogP) is 2.62. The maximum Gasteiger partial charge on any atom is 0.311 e. The highest BCUT2D eigenvalue weighted by Crippen LogP contribution is 2.30. The number of hydrogen-bond donors (Lipinski definition) is 0. The molecule has 0 aliphatic rings. The van der Waals surface area contributed by atoms with E-state index in [-0.39, 0.29) is 11.4 Å². The summed E-state index contributed by atoms with van der Waals surface area (Å²) < 4.78 is 4.77. The molecule has 0 aromatic heterocycles. The van der Waals surface area contributed by atoms with Crippen molar-refractivity contribution in [2.75, 3.05) is 7.11 Å². The van der Waals surface area contributed by atoms with Gasteiger partial charge in [-0.15, -0.1) is 0 Å². The molecule has 0 aromatic rings. The molecule has 2 heteroatoms. The maximum atomic E-state index is 11.4. The zero-order chi connectivity index (χ0) is 9.78. The van der Waals surface area contributed by atoms with Crippen molar-refractivity contribution in [1.82, 2.24) is 0 Å². The minimum Gasteiger partial charge on any atom is -0.469 e. The maximum absolute atomic E-state index is 11.4. The molecule has 1 atom stereocenters. The normalized spacial score (nSPS) is 15.8. The van der Waals surface area contributed by atoms with E-state index in [1.807, 2.05) is 13.8 Å². The second-order valence-electron chi connectivity index (χ2n) is 4.00. The quantitative estimate of drug-likeness (QED) is 0.609. The molecular weight excluding hydrogens is 152 g/mol. The van der Waals surface area contributed by atoms with Crippen molar-refractivity contribution < 1.29 is 9.53 Å². The molecule has 0 heterocycles. The van der Waals surface area contributed by atoms with Gasteiger partial charge in [-0.05, 0) is 25.7 Å². The Kier molecular flexibility index (Phi) is 4.29. The van der Waals surface area contributed by atoms with Gasteiger partial charge >= 0.3 is 5.97 Å². The fourth-order valence-corrected chi connectivity index (χ4v) is 1.52. The lowest BCUT2D eigenvalue weighted by molar-refractivity contribution is -0.153. The molecule has 12 heavy (non-hydrogen) atoms. The van der Waals surface area contributed by atoms with Crippen LogP contribution in [0.25, 0.3) is 0 Å². The lowest BCUT2D eigenvalue weighted by atomic mass is 9.80. The number of esters is 1. The molecule has 0 spiro atoms. The van der Waals surface area contributed by atoms with Crippen LogP contribution < -0.4 is 0 Å². The van der Waals surface area contributed by atoms with Gasteiger partial charge in [0.2, 0.25) is 0 Å². The SMILES string of the molecule is CCC(C)(CC(C)C)C(=O)OC. The molecule has 0 saturated carbocycles. The first-order valence-electron chi connectivity index (χ1n) is 4.54. The van der Waals surface area contributed by atoms with E-state index in [0.717, 1.165) is 12.8 Å². The van der Waals surface area contributed by atoms with Crippen LogP contribution in [0.1, 0.15) is 40.5 Å². The topological polar surface area (TPSA) is 26.3 Å². The highest BCUT2D eigenvalue weighted by Gasteiger charge is 2.32. The average Bonchev–Trinajstić information content (AvgIpc) is 2.01. The highest BCUT2D eigenvalue weighted by atomic mass is 16.5. The minimum absolute atomic E-state index is 0.0845. The summed E-state index contributed by atoms with van der Waals surface area (Å²) in [6.45, 7) is 8.24. The Morgan fingerprint density at radius 3 is 2.25 bits per heavy atom. The Bertz CT molecular complexity index is 152. The number of hydrogen-bond acceptors (Lipinski definition) is 2. The Balaban J connectivity index is 4.33. The van der Waals surface area contributed by atoms with Crippen molar-refractivity contribution in [3.8, 4) is 0 Å². The molecule has 0 rings (SSSR count). The van der Waals surface area contributed by atoms with Gasteiger partial charge in [-0.2, -0.15) is 0 Å². The standard InChI is InChI=1S/C10H20O2/c1-6-10(4,7-8(2)3)9(11)12-5/h8H,6-7H2,1-5H3. The summed E-state index contributed by atoms with van der Waals surface area (Å²) >= 11 is 0. The van der Waals surface area contributed by atoms with Gasteiger partial charge in [0, 0.05) is 0 Å². The summed E-state index contributed by atoms with van der Waals surface area (Å²) in [5.74, 6) is 0.452. The summed E-state index contributed by atoms with van der Waals surface area (Å²) in [4.78, 5) is 11.4. The Morgan fingerprint density at radius 2 is 2.00 bits per heavy atom. The van der Waals surface area contributed by atoms with Crippen molar-refractivity contribution >= 4 is 5.97 Å². The van der Waals surface area contributed by atoms with Crippen molar-refractivity contribution in [2.45, 2.75) is 40.5 Å². The molecule has 0 aliphatic carbocycles. The lowest BCUT2D eigenvalue weighted by Gasteiger charge is -2.26. The number of ether oxygens (including phenoxy) is 1. The van der Waals surface area contributed by atoms with Gasteiger partial charge in [-0.3, -0.25) is 4.79 Å². The fraction of sp³-hybridized carbons (Fsp3) is 0.900. The van der Waals surface area contributed by atoms with Crippen LogP contribution in [0, 0.1) is 11.3 Å². The largest absolute Gasteiger partial charge is 0.469 e. The van der Waals surface area contributed by atoms with E-state index in [2.05, 4.69) is 13.8 Å². The van der Waals surface area contributed by atoms with Crippen LogP contribution in [0.2, 0.25) is 0 Å². The molecule has 2 nitrogen and oxygen atoms in total. The van der Waals surface area contributed by atoms with E-state index in [9.17, 15) is 4.79 Å². The molecule has 0 amide bonds. The number of carbonyl (C=O) groups is 1. The van der Waals surface area contributed by atoms with E-state index >= 15 is 0 Å².